The summed E-state index contributed by atoms with van der Waals surface area (Å²) in [6.45, 7) is 0.440. The number of carboxylic acid groups (broad SMARTS) is 1. The fraction of sp³-hybridized carbons (Fsp3) is 0.467. The van der Waals surface area contributed by atoms with Crippen molar-refractivity contribution < 1.29 is 19.1 Å². The molecule has 114 valence electrons. The summed E-state index contributed by atoms with van der Waals surface area (Å²) in [6.07, 6.45) is 1.97. The van der Waals surface area contributed by atoms with Crippen LogP contribution in [0.1, 0.15) is 18.4 Å². The van der Waals surface area contributed by atoms with Crippen LogP contribution in [-0.4, -0.2) is 35.0 Å². The molecule has 1 saturated carbocycles. The summed E-state index contributed by atoms with van der Waals surface area (Å²) in [5.74, 6) is -0.579. The molecule has 1 aromatic rings. The number of hydrogen-bond acceptors (Lipinski definition) is 3. The van der Waals surface area contributed by atoms with Gasteiger partial charge in [-0.05, 0) is 30.9 Å². The normalized spacial score (nSPS) is 15.5. The highest BCUT2D eigenvalue weighted by Gasteiger charge is 2.49. The van der Waals surface area contributed by atoms with Gasteiger partial charge in [-0.1, -0.05) is 18.2 Å². The van der Waals surface area contributed by atoms with Gasteiger partial charge in [0.15, 0.2) is 0 Å². The zero-order chi connectivity index (χ0) is 15.3. The van der Waals surface area contributed by atoms with Gasteiger partial charge in [0.2, 0.25) is 5.91 Å². The average molecular weight is 311 g/mol. The Morgan fingerprint density at radius 1 is 1.33 bits per heavy atom. The van der Waals surface area contributed by atoms with E-state index in [2.05, 4.69) is 5.32 Å². The molecular weight excluding hydrogens is 293 g/mol. The molecule has 0 radical (unpaired) electrons. The Morgan fingerprint density at radius 3 is 2.67 bits per heavy atom. The fourth-order valence-electron chi connectivity index (χ4n) is 2.23. The number of hydrogen-bond donors (Lipinski definition) is 2. The van der Waals surface area contributed by atoms with E-state index in [1.807, 2.05) is 0 Å². The summed E-state index contributed by atoms with van der Waals surface area (Å²) < 4.78 is 13.6. The number of rotatable bonds is 8. The Labute approximate surface area is 127 Å². The smallest absolute Gasteiger partial charge is 0.313 e. The quantitative estimate of drug-likeness (QED) is 0.721. The summed E-state index contributed by atoms with van der Waals surface area (Å²) in [7, 11) is 0. The van der Waals surface area contributed by atoms with Crippen LogP contribution in [-0.2, 0) is 16.0 Å². The van der Waals surface area contributed by atoms with E-state index < -0.39 is 11.4 Å². The number of amides is 1. The van der Waals surface area contributed by atoms with Crippen molar-refractivity contribution in [1.82, 2.24) is 5.32 Å². The van der Waals surface area contributed by atoms with E-state index >= 15 is 0 Å². The molecule has 0 aromatic heterocycles. The second kappa shape index (κ2) is 6.93. The first kappa shape index (κ1) is 15.8. The van der Waals surface area contributed by atoms with Crippen molar-refractivity contribution in [3.8, 4) is 0 Å². The van der Waals surface area contributed by atoms with Gasteiger partial charge in [-0.3, -0.25) is 9.59 Å². The number of carbonyl (C=O) groups is 2. The van der Waals surface area contributed by atoms with Gasteiger partial charge in [-0.15, -0.1) is 11.8 Å². The third kappa shape index (κ3) is 4.46. The monoisotopic (exact) mass is 311 g/mol. The highest BCUT2D eigenvalue weighted by atomic mass is 32.2. The Hall–Kier alpha value is -1.56. The molecule has 1 aromatic carbocycles. The molecule has 0 bridgehead atoms. The number of benzene rings is 1. The first-order valence-corrected chi connectivity index (χ1v) is 8.00. The van der Waals surface area contributed by atoms with Gasteiger partial charge in [-0.2, -0.15) is 0 Å². The fourth-order valence-corrected chi connectivity index (χ4v) is 2.79. The molecule has 1 fully saturated rings. The Morgan fingerprint density at radius 2 is 2.05 bits per heavy atom. The van der Waals surface area contributed by atoms with Gasteiger partial charge in [0.05, 0.1) is 11.2 Å². The highest BCUT2D eigenvalue weighted by Crippen LogP contribution is 2.48. The molecule has 0 atom stereocenters. The SMILES string of the molecule is O=C(O)CSCCNC(=O)C1(Cc2ccccc2F)CC1. The minimum Gasteiger partial charge on any atom is -0.481 e. The predicted molar refractivity (Wildman–Crippen MR) is 79.7 cm³/mol. The largest absolute Gasteiger partial charge is 0.481 e. The van der Waals surface area contributed by atoms with Gasteiger partial charge < -0.3 is 10.4 Å². The van der Waals surface area contributed by atoms with Crippen LogP contribution in [0.2, 0.25) is 0 Å². The van der Waals surface area contributed by atoms with E-state index in [1.165, 1.54) is 17.8 Å². The lowest BCUT2D eigenvalue weighted by Crippen LogP contribution is -2.35. The summed E-state index contributed by atoms with van der Waals surface area (Å²) >= 11 is 1.27. The van der Waals surface area contributed by atoms with Crippen molar-refractivity contribution in [2.45, 2.75) is 19.3 Å². The van der Waals surface area contributed by atoms with E-state index in [0.717, 1.165) is 12.8 Å². The number of aliphatic carboxylic acids is 1. The zero-order valence-electron chi connectivity index (χ0n) is 11.6. The van der Waals surface area contributed by atoms with Crippen LogP contribution in [0, 0.1) is 11.2 Å². The highest BCUT2D eigenvalue weighted by molar-refractivity contribution is 7.99. The minimum atomic E-state index is -0.857. The van der Waals surface area contributed by atoms with Gasteiger partial charge in [0, 0.05) is 12.3 Å². The molecule has 4 nitrogen and oxygen atoms in total. The van der Waals surface area contributed by atoms with Crippen LogP contribution in [0.25, 0.3) is 0 Å². The standard InChI is InChI=1S/C15H18FNO3S/c16-12-4-2-1-3-11(12)9-15(5-6-15)14(20)17-7-8-21-10-13(18)19/h1-4H,5-10H2,(H,17,20)(H,18,19). The number of carboxylic acids is 1. The van der Waals surface area contributed by atoms with Crippen molar-refractivity contribution in [3.05, 3.63) is 35.6 Å². The maximum atomic E-state index is 13.6. The third-order valence-corrected chi connectivity index (χ3v) is 4.52. The molecule has 21 heavy (non-hydrogen) atoms. The van der Waals surface area contributed by atoms with Crippen molar-refractivity contribution in [3.63, 3.8) is 0 Å². The van der Waals surface area contributed by atoms with Crippen LogP contribution in [0.3, 0.4) is 0 Å². The van der Waals surface area contributed by atoms with Crippen LogP contribution >= 0.6 is 11.8 Å². The number of carbonyl (C=O) groups excluding carboxylic acids is 1. The first-order chi connectivity index (χ1) is 10.0. The number of nitrogens with one attached hydrogen (secondary N) is 1. The van der Waals surface area contributed by atoms with E-state index in [1.54, 1.807) is 18.2 Å². The number of thioether (sulfide) groups is 1. The van der Waals surface area contributed by atoms with E-state index in [4.69, 9.17) is 5.11 Å². The van der Waals surface area contributed by atoms with Crippen LogP contribution in [0.15, 0.2) is 24.3 Å². The van der Waals surface area contributed by atoms with Crippen LogP contribution in [0.5, 0.6) is 0 Å². The second-order valence-electron chi connectivity index (χ2n) is 5.25. The Bertz CT molecular complexity index is 531. The van der Waals surface area contributed by atoms with Crippen molar-refractivity contribution in [1.29, 1.82) is 0 Å². The summed E-state index contributed by atoms with van der Waals surface area (Å²) in [5.41, 5.74) is 0.102. The second-order valence-corrected chi connectivity index (χ2v) is 6.36. The lowest BCUT2D eigenvalue weighted by Gasteiger charge is -2.15. The van der Waals surface area contributed by atoms with E-state index in [0.29, 0.717) is 24.3 Å². The molecule has 0 heterocycles. The molecule has 2 rings (SSSR count). The Kier molecular flexibility index (Phi) is 5.22. The van der Waals surface area contributed by atoms with Crippen molar-refractivity contribution in [2.24, 2.45) is 5.41 Å². The lowest BCUT2D eigenvalue weighted by molar-refractivity contribution is -0.134. The topological polar surface area (TPSA) is 66.4 Å². The first-order valence-electron chi connectivity index (χ1n) is 6.85. The lowest BCUT2D eigenvalue weighted by atomic mass is 9.95. The molecule has 0 spiro atoms. The zero-order valence-corrected chi connectivity index (χ0v) is 12.4. The molecule has 6 heteroatoms. The van der Waals surface area contributed by atoms with E-state index in [9.17, 15) is 14.0 Å². The molecule has 1 aliphatic rings. The van der Waals surface area contributed by atoms with Gasteiger partial charge >= 0.3 is 5.97 Å². The van der Waals surface area contributed by atoms with Crippen LogP contribution < -0.4 is 5.32 Å². The van der Waals surface area contributed by atoms with Gasteiger partial charge in [0.1, 0.15) is 5.82 Å². The van der Waals surface area contributed by atoms with Crippen molar-refractivity contribution in [2.75, 3.05) is 18.1 Å². The molecule has 1 amide bonds. The third-order valence-electron chi connectivity index (χ3n) is 3.58. The molecule has 0 aliphatic heterocycles. The molecular formula is C15H18FNO3S. The number of halogens is 1. The maximum absolute atomic E-state index is 13.6. The molecule has 2 N–H and O–H groups in total. The minimum absolute atomic E-state index is 0.0379. The van der Waals surface area contributed by atoms with Gasteiger partial charge in [-0.25, -0.2) is 4.39 Å². The predicted octanol–water partition coefficient (Wildman–Crippen LogP) is 2.08. The molecule has 0 saturated heterocycles. The van der Waals surface area contributed by atoms with Gasteiger partial charge in [0.25, 0.3) is 0 Å². The molecule has 0 unspecified atom stereocenters. The average Bonchev–Trinajstić information content (AvgIpc) is 3.21. The summed E-state index contributed by atoms with van der Waals surface area (Å²) in [6, 6.07) is 6.53. The Balaban J connectivity index is 1.79. The maximum Gasteiger partial charge on any atom is 0.313 e. The summed E-state index contributed by atoms with van der Waals surface area (Å²) in [4.78, 5) is 22.5. The van der Waals surface area contributed by atoms with Crippen molar-refractivity contribution >= 4 is 23.6 Å². The molecule has 1 aliphatic carbocycles. The van der Waals surface area contributed by atoms with E-state index in [-0.39, 0.29) is 17.5 Å². The van der Waals surface area contributed by atoms with Crippen LogP contribution in [0.4, 0.5) is 4.39 Å². The summed E-state index contributed by atoms with van der Waals surface area (Å²) in [5, 5.41) is 11.3.